The zero-order valence-electron chi connectivity index (χ0n) is 18.2. The average Bonchev–Trinajstić information content (AvgIpc) is 3.15. The molecule has 180 valence electrons. The molecule has 3 aliphatic carbocycles. The molecular formula is C24H19ClF2N4O4. The van der Waals surface area contributed by atoms with Crippen LogP contribution < -0.4 is 15.4 Å². The number of carbonyl (C=O) groups is 3. The third-order valence-electron chi connectivity index (χ3n) is 7.06. The maximum atomic E-state index is 13.4. The van der Waals surface area contributed by atoms with Crippen LogP contribution in [-0.2, 0) is 16.1 Å². The van der Waals surface area contributed by atoms with Crippen LogP contribution >= 0.6 is 11.6 Å². The molecule has 3 N–H and O–H groups in total. The summed E-state index contributed by atoms with van der Waals surface area (Å²) in [7, 11) is 0. The first-order valence-electron chi connectivity index (χ1n) is 11.1. The zero-order valence-corrected chi connectivity index (χ0v) is 19.0. The minimum Gasteiger partial charge on any atom is -0.479 e. The lowest BCUT2D eigenvalue weighted by Gasteiger charge is -2.69. The number of Topliss-reactive ketones (excluding diaryl/α,β-unsaturated/α-hetero) is 1. The predicted octanol–water partition coefficient (Wildman–Crippen LogP) is 3.18. The van der Waals surface area contributed by atoms with Crippen molar-refractivity contribution in [1.82, 2.24) is 20.6 Å². The number of benzene rings is 2. The second-order valence-electron chi connectivity index (χ2n) is 9.60. The van der Waals surface area contributed by atoms with Crippen LogP contribution in [0.2, 0.25) is 5.02 Å². The molecule has 3 aromatic rings. The van der Waals surface area contributed by atoms with Gasteiger partial charge in [0.2, 0.25) is 5.91 Å². The molecule has 11 heteroatoms. The van der Waals surface area contributed by atoms with E-state index in [1.807, 2.05) is 0 Å². The molecule has 2 aromatic carbocycles. The fourth-order valence-electron chi connectivity index (χ4n) is 5.44. The Hall–Kier alpha value is -3.53. The van der Waals surface area contributed by atoms with Gasteiger partial charge in [-0.25, -0.2) is 13.8 Å². The van der Waals surface area contributed by atoms with E-state index >= 15 is 0 Å². The molecular weight excluding hydrogens is 482 g/mol. The minimum absolute atomic E-state index is 0.0772. The monoisotopic (exact) mass is 500 g/mol. The third-order valence-corrected chi connectivity index (χ3v) is 7.30. The Kier molecular flexibility index (Phi) is 4.70. The van der Waals surface area contributed by atoms with Gasteiger partial charge < -0.3 is 20.4 Å². The number of H-pyrrole nitrogens is 1. The largest absolute Gasteiger partial charge is 0.479 e. The summed E-state index contributed by atoms with van der Waals surface area (Å²) >= 11 is 5.93. The number of rotatable bonds is 5. The van der Waals surface area contributed by atoms with E-state index < -0.39 is 28.7 Å². The number of ether oxygens (including phenoxy) is 1. The van der Waals surface area contributed by atoms with Gasteiger partial charge >= 0.3 is 0 Å². The average molecular weight is 501 g/mol. The van der Waals surface area contributed by atoms with Crippen molar-refractivity contribution in [3.05, 3.63) is 58.4 Å². The molecule has 3 fully saturated rings. The Bertz CT molecular complexity index is 1380. The van der Waals surface area contributed by atoms with Crippen LogP contribution in [-0.4, -0.2) is 39.2 Å². The van der Waals surface area contributed by atoms with Crippen LogP contribution in [0.25, 0.3) is 11.0 Å². The lowest BCUT2D eigenvalue weighted by molar-refractivity contribution is -0.185. The molecule has 7 rings (SSSR count). The Morgan fingerprint density at radius 2 is 1.91 bits per heavy atom. The zero-order chi connectivity index (χ0) is 24.5. The number of nitrogens with zero attached hydrogens (tertiary/aromatic N) is 1. The van der Waals surface area contributed by atoms with Crippen molar-refractivity contribution >= 4 is 40.2 Å². The van der Waals surface area contributed by atoms with Crippen LogP contribution in [0.15, 0.2) is 30.3 Å². The van der Waals surface area contributed by atoms with Crippen molar-refractivity contribution in [3.8, 4) is 5.75 Å². The number of imidazole rings is 1. The molecule has 0 saturated heterocycles. The first kappa shape index (κ1) is 22.0. The fraction of sp³-hybridized carbons (Fsp3) is 0.333. The molecule has 4 aliphatic rings. The Morgan fingerprint density at radius 1 is 1.17 bits per heavy atom. The third kappa shape index (κ3) is 3.54. The van der Waals surface area contributed by atoms with Crippen molar-refractivity contribution in [2.24, 2.45) is 5.41 Å². The van der Waals surface area contributed by atoms with Gasteiger partial charge in [-0.1, -0.05) is 11.6 Å². The molecule has 2 bridgehead atoms. The molecule has 1 aromatic heterocycles. The van der Waals surface area contributed by atoms with Gasteiger partial charge in [0.25, 0.3) is 5.91 Å². The van der Waals surface area contributed by atoms with Crippen LogP contribution in [0.1, 0.15) is 41.9 Å². The van der Waals surface area contributed by atoms with Crippen molar-refractivity contribution in [2.45, 2.75) is 43.9 Å². The maximum absolute atomic E-state index is 13.4. The van der Waals surface area contributed by atoms with Gasteiger partial charge in [-0.3, -0.25) is 14.4 Å². The highest BCUT2D eigenvalue weighted by atomic mass is 35.5. The summed E-state index contributed by atoms with van der Waals surface area (Å²) in [5.41, 5.74) is -0.0639. The lowest BCUT2D eigenvalue weighted by atomic mass is 9.39. The molecule has 2 amide bonds. The van der Waals surface area contributed by atoms with E-state index in [2.05, 4.69) is 20.6 Å². The number of hydrogen-bond donors (Lipinski definition) is 3. The summed E-state index contributed by atoms with van der Waals surface area (Å²) < 4.78 is 32.5. The van der Waals surface area contributed by atoms with E-state index in [4.69, 9.17) is 16.3 Å². The van der Waals surface area contributed by atoms with E-state index in [0.717, 1.165) is 12.1 Å². The minimum atomic E-state index is -0.989. The summed E-state index contributed by atoms with van der Waals surface area (Å²) in [5, 5.41) is 6.19. The number of halogens is 3. The SMILES string of the molecule is O=C1C[C@H](C(=O)NC23CC(C(=O)NCc4nc5cc(F)c(F)cc5[nH]4)(C2)C3)Oc2ccc(Cl)cc21. The highest BCUT2D eigenvalue weighted by Crippen LogP contribution is 2.67. The number of fused-ring (bicyclic) bond motifs is 2. The number of amides is 2. The molecule has 8 nitrogen and oxygen atoms in total. The Morgan fingerprint density at radius 3 is 2.69 bits per heavy atom. The highest BCUT2D eigenvalue weighted by molar-refractivity contribution is 6.31. The first-order valence-corrected chi connectivity index (χ1v) is 11.5. The second-order valence-corrected chi connectivity index (χ2v) is 10.0. The van der Waals surface area contributed by atoms with Gasteiger partial charge in [0, 0.05) is 22.7 Å². The quantitative estimate of drug-likeness (QED) is 0.498. The molecule has 1 aliphatic heterocycles. The van der Waals surface area contributed by atoms with Crippen molar-refractivity contribution < 1.29 is 27.9 Å². The van der Waals surface area contributed by atoms with Crippen molar-refractivity contribution in [2.75, 3.05) is 0 Å². The van der Waals surface area contributed by atoms with Gasteiger partial charge in [-0.15, -0.1) is 0 Å². The van der Waals surface area contributed by atoms with Crippen LogP contribution in [0.5, 0.6) is 5.75 Å². The smallest absolute Gasteiger partial charge is 0.261 e. The molecule has 0 radical (unpaired) electrons. The summed E-state index contributed by atoms with van der Waals surface area (Å²) in [6.07, 6.45) is 0.451. The van der Waals surface area contributed by atoms with Crippen LogP contribution in [0, 0.1) is 17.0 Å². The highest BCUT2D eigenvalue weighted by Gasteiger charge is 2.72. The van der Waals surface area contributed by atoms with Gasteiger partial charge in [0.1, 0.15) is 11.6 Å². The number of carbonyl (C=O) groups excluding carboxylic acids is 3. The summed E-state index contributed by atoms with van der Waals surface area (Å²) in [5.74, 6) is -2.01. The Balaban J connectivity index is 1.03. The number of hydrogen-bond acceptors (Lipinski definition) is 5. The lowest BCUT2D eigenvalue weighted by Crippen LogP contribution is -2.79. The maximum Gasteiger partial charge on any atom is 0.261 e. The molecule has 1 atom stereocenters. The van der Waals surface area contributed by atoms with Gasteiger partial charge in [-0.05, 0) is 37.5 Å². The molecule has 2 heterocycles. The van der Waals surface area contributed by atoms with Crippen molar-refractivity contribution in [1.29, 1.82) is 0 Å². The topological polar surface area (TPSA) is 113 Å². The fourth-order valence-corrected chi connectivity index (χ4v) is 5.61. The number of aromatic amines is 1. The molecule has 0 spiro atoms. The number of nitrogens with one attached hydrogen (secondary N) is 3. The van der Waals surface area contributed by atoms with E-state index in [0.29, 0.717) is 46.9 Å². The normalized spacial score (nSPS) is 26.3. The second kappa shape index (κ2) is 7.48. The van der Waals surface area contributed by atoms with Gasteiger partial charge in [-0.2, -0.15) is 0 Å². The molecule has 35 heavy (non-hydrogen) atoms. The van der Waals surface area contributed by atoms with E-state index in [9.17, 15) is 23.2 Å². The summed E-state index contributed by atoms with van der Waals surface area (Å²) in [6.45, 7) is 0.0827. The van der Waals surface area contributed by atoms with Crippen molar-refractivity contribution in [3.63, 3.8) is 0 Å². The number of ketones is 1. The summed E-state index contributed by atoms with van der Waals surface area (Å²) in [6, 6.07) is 6.72. The molecule has 0 unspecified atom stereocenters. The summed E-state index contributed by atoms with van der Waals surface area (Å²) in [4.78, 5) is 45.0. The van der Waals surface area contributed by atoms with Crippen LogP contribution in [0.4, 0.5) is 8.78 Å². The van der Waals surface area contributed by atoms with E-state index in [1.165, 1.54) is 6.07 Å². The standard InChI is InChI=1S/C24H19ClF2N4O4/c25-11-1-2-18-12(3-11)17(32)6-19(35-18)21(33)31-24-8-23(9-24,10-24)22(34)28-7-20-29-15-4-13(26)14(27)5-16(15)30-20/h1-5,19H,6-10H2,(H,28,34)(H,29,30)(H,31,33)/t19-,23?,24?/m1/s1. The Labute approximate surface area is 202 Å². The van der Waals surface area contributed by atoms with Gasteiger partial charge in [0.05, 0.1) is 35.0 Å². The van der Waals surface area contributed by atoms with E-state index in [1.54, 1.807) is 12.1 Å². The van der Waals surface area contributed by atoms with E-state index in [-0.39, 0.29) is 36.1 Å². The van der Waals surface area contributed by atoms with Gasteiger partial charge in [0.15, 0.2) is 23.5 Å². The molecule has 3 saturated carbocycles. The first-order chi connectivity index (χ1) is 16.7. The predicted molar refractivity (Wildman–Crippen MR) is 120 cm³/mol. The van der Waals surface area contributed by atoms with Crippen LogP contribution in [0.3, 0.4) is 0 Å². The number of aromatic nitrogens is 2.